The highest BCUT2D eigenvalue weighted by atomic mass is 35.5. The summed E-state index contributed by atoms with van der Waals surface area (Å²) in [7, 11) is 0. The minimum Gasteiger partial charge on any atom is -0.312 e. The molecule has 0 fully saturated rings. The largest absolute Gasteiger partial charge is 0.312 e. The molecule has 0 atom stereocenters. The lowest BCUT2D eigenvalue weighted by Gasteiger charge is -2.05. The lowest BCUT2D eigenvalue weighted by Crippen LogP contribution is -2.17. The van der Waals surface area contributed by atoms with Gasteiger partial charge < -0.3 is 5.32 Å². The Morgan fingerprint density at radius 1 is 1.44 bits per heavy atom. The van der Waals surface area contributed by atoms with Crippen molar-refractivity contribution in [2.75, 3.05) is 6.54 Å². The molecule has 5 heteroatoms. The Hall–Kier alpha value is -0.970. The first-order chi connectivity index (χ1) is 8.65. The summed E-state index contributed by atoms with van der Waals surface area (Å²) in [5.74, 6) is -0.225. The highest BCUT2D eigenvalue weighted by Crippen LogP contribution is 2.14. The van der Waals surface area contributed by atoms with Crippen molar-refractivity contribution in [3.05, 3.63) is 50.7 Å². The molecule has 0 aliphatic heterocycles. The Labute approximate surface area is 115 Å². The molecule has 0 aliphatic carbocycles. The van der Waals surface area contributed by atoms with Crippen LogP contribution < -0.4 is 5.32 Å². The molecule has 96 valence electrons. The second kappa shape index (κ2) is 6.27. The van der Waals surface area contributed by atoms with E-state index < -0.39 is 0 Å². The first-order valence-electron chi connectivity index (χ1n) is 5.71. The predicted octanol–water partition coefficient (Wildman–Crippen LogP) is 3.58. The van der Waals surface area contributed by atoms with Gasteiger partial charge in [-0.05, 0) is 25.1 Å². The molecule has 0 unspecified atom stereocenters. The molecule has 1 aromatic heterocycles. The number of hydrogen-bond acceptors (Lipinski definition) is 3. The fourth-order valence-electron chi connectivity index (χ4n) is 1.61. The highest BCUT2D eigenvalue weighted by molar-refractivity contribution is 7.09. The zero-order valence-corrected chi connectivity index (χ0v) is 11.6. The van der Waals surface area contributed by atoms with Crippen LogP contribution in [0.5, 0.6) is 0 Å². The van der Waals surface area contributed by atoms with Crippen molar-refractivity contribution in [3.63, 3.8) is 0 Å². The van der Waals surface area contributed by atoms with Gasteiger partial charge in [0.15, 0.2) is 0 Å². The number of halogens is 2. The van der Waals surface area contributed by atoms with E-state index in [0.717, 1.165) is 23.7 Å². The number of aryl methyl sites for hydroxylation is 1. The smallest absolute Gasteiger partial charge is 0.127 e. The van der Waals surface area contributed by atoms with Gasteiger partial charge in [0.25, 0.3) is 0 Å². The van der Waals surface area contributed by atoms with Gasteiger partial charge in [0, 0.05) is 41.2 Å². The molecule has 1 N–H and O–H groups in total. The molecule has 18 heavy (non-hydrogen) atoms. The van der Waals surface area contributed by atoms with E-state index in [1.165, 1.54) is 6.07 Å². The molecule has 0 saturated heterocycles. The van der Waals surface area contributed by atoms with Gasteiger partial charge in [-0.3, -0.25) is 0 Å². The average Bonchev–Trinajstić information content (AvgIpc) is 2.75. The van der Waals surface area contributed by atoms with Gasteiger partial charge in [-0.25, -0.2) is 9.37 Å². The van der Waals surface area contributed by atoms with Crippen LogP contribution in [0.15, 0.2) is 23.6 Å². The van der Waals surface area contributed by atoms with E-state index in [1.807, 2.05) is 12.3 Å². The van der Waals surface area contributed by atoms with Gasteiger partial charge in [-0.1, -0.05) is 11.6 Å². The third-order valence-corrected chi connectivity index (χ3v) is 3.77. The number of nitrogens with one attached hydrogen (secondary N) is 1. The SMILES string of the molecule is Cc1csc(CCNCc2cc(Cl)ccc2F)n1. The molecule has 2 aromatic rings. The maximum Gasteiger partial charge on any atom is 0.127 e. The number of hydrogen-bond donors (Lipinski definition) is 1. The minimum atomic E-state index is -0.225. The van der Waals surface area contributed by atoms with Crippen molar-refractivity contribution in [1.82, 2.24) is 10.3 Å². The molecule has 2 rings (SSSR count). The fourth-order valence-corrected chi connectivity index (χ4v) is 2.59. The maximum atomic E-state index is 13.4. The van der Waals surface area contributed by atoms with Crippen LogP contribution in [0.1, 0.15) is 16.3 Å². The van der Waals surface area contributed by atoms with E-state index in [9.17, 15) is 4.39 Å². The number of rotatable bonds is 5. The molecule has 0 amide bonds. The third-order valence-electron chi connectivity index (χ3n) is 2.51. The van der Waals surface area contributed by atoms with Gasteiger partial charge in [-0.2, -0.15) is 0 Å². The molecule has 2 nitrogen and oxygen atoms in total. The Balaban J connectivity index is 1.80. The third kappa shape index (κ3) is 3.77. The van der Waals surface area contributed by atoms with Crippen LogP contribution in [0.2, 0.25) is 5.02 Å². The van der Waals surface area contributed by atoms with Crippen LogP contribution in [0.4, 0.5) is 4.39 Å². The van der Waals surface area contributed by atoms with Crippen LogP contribution in [-0.2, 0) is 13.0 Å². The Morgan fingerprint density at radius 2 is 2.28 bits per heavy atom. The van der Waals surface area contributed by atoms with Gasteiger partial charge in [0.05, 0.1) is 5.01 Å². The summed E-state index contributed by atoms with van der Waals surface area (Å²) in [4.78, 5) is 4.37. The van der Waals surface area contributed by atoms with Crippen LogP contribution in [-0.4, -0.2) is 11.5 Å². The number of thiazole rings is 1. The van der Waals surface area contributed by atoms with Gasteiger partial charge in [-0.15, -0.1) is 11.3 Å². The molecule has 0 radical (unpaired) electrons. The van der Waals surface area contributed by atoms with E-state index >= 15 is 0 Å². The lowest BCUT2D eigenvalue weighted by molar-refractivity contribution is 0.588. The van der Waals surface area contributed by atoms with Crippen molar-refractivity contribution in [1.29, 1.82) is 0 Å². The van der Waals surface area contributed by atoms with E-state index in [0.29, 0.717) is 17.1 Å². The summed E-state index contributed by atoms with van der Waals surface area (Å²) in [6.45, 7) is 3.24. The number of benzene rings is 1. The van der Waals surface area contributed by atoms with Crippen LogP contribution >= 0.6 is 22.9 Å². The Kier molecular flexibility index (Phi) is 4.69. The van der Waals surface area contributed by atoms with Gasteiger partial charge in [0.2, 0.25) is 0 Å². The zero-order chi connectivity index (χ0) is 13.0. The molecule has 1 heterocycles. The standard InChI is InChI=1S/C13H14ClFN2S/c1-9-8-18-13(17-9)4-5-16-7-10-6-11(14)2-3-12(10)15/h2-3,6,8,16H,4-5,7H2,1H3. The van der Waals surface area contributed by atoms with Crippen molar-refractivity contribution in [3.8, 4) is 0 Å². The van der Waals surface area contributed by atoms with Crippen molar-refractivity contribution < 1.29 is 4.39 Å². The summed E-state index contributed by atoms with van der Waals surface area (Å²) in [5.41, 5.74) is 1.65. The first-order valence-corrected chi connectivity index (χ1v) is 6.96. The summed E-state index contributed by atoms with van der Waals surface area (Å²) in [6.07, 6.45) is 0.862. The molecular weight excluding hydrogens is 271 g/mol. The van der Waals surface area contributed by atoms with Crippen molar-refractivity contribution >= 4 is 22.9 Å². The first kappa shape index (κ1) is 13.5. The van der Waals surface area contributed by atoms with E-state index in [-0.39, 0.29) is 5.82 Å². The maximum absolute atomic E-state index is 13.4. The van der Waals surface area contributed by atoms with E-state index in [2.05, 4.69) is 10.3 Å². The Bertz CT molecular complexity index is 527. The molecule has 0 aliphatic rings. The van der Waals surface area contributed by atoms with Crippen molar-refractivity contribution in [2.24, 2.45) is 0 Å². The molecule has 0 bridgehead atoms. The number of nitrogens with zero attached hydrogens (tertiary/aromatic N) is 1. The van der Waals surface area contributed by atoms with Crippen LogP contribution in [0.3, 0.4) is 0 Å². The van der Waals surface area contributed by atoms with E-state index in [1.54, 1.807) is 23.5 Å². The molecule has 0 spiro atoms. The molecule has 1 aromatic carbocycles. The van der Waals surface area contributed by atoms with Crippen LogP contribution in [0.25, 0.3) is 0 Å². The summed E-state index contributed by atoms with van der Waals surface area (Å²) in [6, 6.07) is 4.60. The van der Waals surface area contributed by atoms with Crippen molar-refractivity contribution in [2.45, 2.75) is 19.9 Å². The molecule has 0 saturated carbocycles. The Morgan fingerprint density at radius 3 is 3.00 bits per heavy atom. The van der Waals surface area contributed by atoms with Gasteiger partial charge >= 0.3 is 0 Å². The fraction of sp³-hybridized carbons (Fsp3) is 0.308. The normalized spacial score (nSPS) is 10.8. The lowest BCUT2D eigenvalue weighted by atomic mass is 10.2. The molecular formula is C13H14ClFN2S. The number of aromatic nitrogens is 1. The van der Waals surface area contributed by atoms with E-state index in [4.69, 9.17) is 11.6 Å². The second-order valence-electron chi connectivity index (χ2n) is 4.05. The van der Waals surface area contributed by atoms with Crippen LogP contribution in [0, 0.1) is 12.7 Å². The predicted molar refractivity (Wildman–Crippen MR) is 73.7 cm³/mol. The monoisotopic (exact) mass is 284 g/mol. The second-order valence-corrected chi connectivity index (χ2v) is 5.42. The quantitative estimate of drug-likeness (QED) is 0.849. The summed E-state index contributed by atoms with van der Waals surface area (Å²) in [5, 5.41) is 6.89. The summed E-state index contributed by atoms with van der Waals surface area (Å²) >= 11 is 7.48. The average molecular weight is 285 g/mol. The highest BCUT2D eigenvalue weighted by Gasteiger charge is 2.03. The summed E-state index contributed by atoms with van der Waals surface area (Å²) < 4.78 is 13.4. The van der Waals surface area contributed by atoms with Gasteiger partial charge in [0.1, 0.15) is 5.82 Å². The topological polar surface area (TPSA) is 24.9 Å². The zero-order valence-electron chi connectivity index (χ0n) is 10.0. The minimum absolute atomic E-state index is 0.225.